The van der Waals surface area contributed by atoms with Crippen LogP contribution in [-0.2, 0) is 6.42 Å². The summed E-state index contributed by atoms with van der Waals surface area (Å²) in [5, 5.41) is 3.23. The first-order valence-electron chi connectivity index (χ1n) is 11.7. The zero-order valence-corrected chi connectivity index (χ0v) is 22.6. The number of halogens is 1. The molecule has 0 saturated heterocycles. The Morgan fingerprint density at radius 2 is 1.39 bits per heavy atom. The first kappa shape index (κ1) is 24.0. The van der Waals surface area contributed by atoms with E-state index in [2.05, 4.69) is 97.3 Å². The van der Waals surface area contributed by atoms with Gasteiger partial charge in [-0.05, 0) is 63.9 Å². The van der Waals surface area contributed by atoms with Crippen molar-refractivity contribution in [2.45, 2.75) is 52.0 Å². The third-order valence-electron chi connectivity index (χ3n) is 7.19. The predicted molar refractivity (Wildman–Crippen MR) is 147 cm³/mol. The molecule has 4 aromatic rings. The summed E-state index contributed by atoms with van der Waals surface area (Å²) >= 11 is 3.62. The predicted octanol–water partition coefficient (Wildman–Crippen LogP) is 6.81. The molecule has 1 aromatic heterocycles. The molecule has 0 unspecified atom stereocenters. The molecule has 2 nitrogen and oxygen atoms in total. The van der Waals surface area contributed by atoms with Gasteiger partial charge in [-0.25, -0.2) is 0 Å². The number of hydrogen-bond acceptors (Lipinski definition) is 1. The molecule has 4 rings (SSSR count). The molecule has 33 heavy (non-hydrogen) atoms. The molecule has 0 spiro atoms. The largest absolute Gasteiger partial charge is 0.424 e. The molecular formula is C29H34BrNOSi. The Morgan fingerprint density at radius 1 is 0.818 bits per heavy atom. The number of rotatable bonds is 8. The molecule has 0 aliphatic carbocycles. The van der Waals surface area contributed by atoms with Crippen LogP contribution < -0.4 is 10.4 Å². The van der Waals surface area contributed by atoms with E-state index in [1.807, 2.05) is 36.4 Å². The number of hydrogen-bond donors (Lipinski definition) is 2. The van der Waals surface area contributed by atoms with E-state index in [0.717, 1.165) is 34.1 Å². The van der Waals surface area contributed by atoms with Gasteiger partial charge in [0, 0.05) is 21.6 Å². The standard InChI is InChI=1S/C29H34BrNOSi/c1-28(2,20-22-21-31-27-16-15-23(30)19-26(22)27)17-18-29(3,4)33(32,24-11-7-5-8-12-24)25-13-9-6-10-14-25/h5-16,19,21,31-32H,17-18,20H2,1-4H3. The molecular weight excluding hydrogens is 486 g/mol. The molecule has 0 atom stereocenters. The third-order valence-corrected chi connectivity index (χ3v) is 12.2. The van der Waals surface area contributed by atoms with E-state index in [1.165, 1.54) is 16.5 Å². The summed E-state index contributed by atoms with van der Waals surface area (Å²) in [7, 11) is -2.97. The van der Waals surface area contributed by atoms with Crippen LogP contribution in [0, 0.1) is 5.41 Å². The minimum Gasteiger partial charge on any atom is -0.424 e. The van der Waals surface area contributed by atoms with E-state index >= 15 is 0 Å². The van der Waals surface area contributed by atoms with Gasteiger partial charge in [0.1, 0.15) is 0 Å². The van der Waals surface area contributed by atoms with E-state index < -0.39 is 8.32 Å². The Kier molecular flexibility index (Phi) is 6.72. The summed E-state index contributed by atoms with van der Waals surface area (Å²) in [6.07, 6.45) is 5.15. The zero-order chi connectivity index (χ0) is 23.7. The summed E-state index contributed by atoms with van der Waals surface area (Å²) in [6.45, 7) is 9.23. The van der Waals surface area contributed by atoms with E-state index in [0.29, 0.717) is 0 Å². The number of H-pyrrole nitrogens is 1. The lowest BCUT2D eigenvalue weighted by Crippen LogP contribution is -2.65. The molecule has 0 bridgehead atoms. The maximum Gasteiger partial charge on any atom is 0.258 e. The smallest absolute Gasteiger partial charge is 0.258 e. The average Bonchev–Trinajstić information content (AvgIpc) is 3.19. The van der Waals surface area contributed by atoms with Crippen LogP contribution >= 0.6 is 15.9 Å². The number of aromatic amines is 1. The second kappa shape index (κ2) is 9.25. The third kappa shape index (κ3) is 4.89. The van der Waals surface area contributed by atoms with Gasteiger partial charge >= 0.3 is 0 Å². The Hall–Kier alpha value is -2.14. The van der Waals surface area contributed by atoms with Gasteiger partial charge in [-0.15, -0.1) is 0 Å². The van der Waals surface area contributed by atoms with Gasteiger partial charge in [-0.1, -0.05) is 104 Å². The van der Waals surface area contributed by atoms with Crippen molar-refractivity contribution in [3.63, 3.8) is 0 Å². The highest BCUT2D eigenvalue weighted by atomic mass is 79.9. The quantitative estimate of drug-likeness (QED) is 0.246. The summed E-state index contributed by atoms with van der Waals surface area (Å²) in [5.41, 5.74) is 2.64. The van der Waals surface area contributed by atoms with E-state index in [4.69, 9.17) is 0 Å². The number of benzene rings is 3. The molecule has 172 valence electrons. The minimum absolute atomic E-state index is 0.109. The highest BCUT2D eigenvalue weighted by Gasteiger charge is 2.50. The van der Waals surface area contributed by atoms with Gasteiger partial charge in [0.15, 0.2) is 0 Å². The van der Waals surface area contributed by atoms with Gasteiger partial charge in [-0.3, -0.25) is 0 Å². The first-order valence-corrected chi connectivity index (χ1v) is 14.5. The fourth-order valence-corrected chi connectivity index (χ4v) is 9.13. The van der Waals surface area contributed by atoms with Crippen molar-refractivity contribution in [1.29, 1.82) is 0 Å². The lowest BCUT2D eigenvalue weighted by Gasteiger charge is -2.43. The van der Waals surface area contributed by atoms with Crippen LogP contribution in [0.1, 0.15) is 46.1 Å². The van der Waals surface area contributed by atoms with Crippen LogP contribution in [0.25, 0.3) is 10.9 Å². The highest BCUT2D eigenvalue weighted by Crippen LogP contribution is 2.44. The maximum absolute atomic E-state index is 12.4. The molecule has 0 aliphatic heterocycles. The highest BCUT2D eigenvalue weighted by molar-refractivity contribution is 9.10. The Bertz CT molecular complexity index is 1170. The van der Waals surface area contributed by atoms with Crippen molar-refractivity contribution >= 4 is 45.5 Å². The van der Waals surface area contributed by atoms with Gasteiger partial charge in [0.2, 0.25) is 0 Å². The van der Waals surface area contributed by atoms with Crippen LogP contribution in [0.4, 0.5) is 0 Å². The molecule has 0 saturated carbocycles. The summed E-state index contributed by atoms with van der Waals surface area (Å²) < 4.78 is 1.11. The Labute approximate surface area is 207 Å². The van der Waals surface area contributed by atoms with Crippen LogP contribution in [0.2, 0.25) is 5.04 Å². The minimum atomic E-state index is -2.97. The summed E-state index contributed by atoms with van der Waals surface area (Å²) in [6, 6.07) is 27.1. The van der Waals surface area contributed by atoms with Crippen molar-refractivity contribution < 1.29 is 4.80 Å². The molecule has 1 heterocycles. The molecule has 0 aliphatic rings. The van der Waals surface area contributed by atoms with Crippen LogP contribution in [0.5, 0.6) is 0 Å². The van der Waals surface area contributed by atoms with Crippen LogP contribution in [0.15, 0.2) is 89.5 Å². The molecule has 0 amide bonds. The van der Waals surface area contributed by atoms with Crippen molar-refractivity contribution in [2.24, 2.45) is 5.41 Å². The van der Waals surface area contributed by atoms with Crippen molar-refractivity contribution in [2.75, 3.05) is 0 Å². The molecule has 2 N–H and O–H groups in total. The molecule has 0 radical (unpaired) electrons. The Balaban J connectivity index is 1.60. The topological polar surface area (TPSA) is 36.0 Å². The zero-order valence-electron chi connectivity index (χ0n) is 20.0. The van der Waals surface area contributed by atoms with Gasteiger partial charge in [0.25, 0.3) is 8.32 Å². The number of aromatic nitrogens is 1. The Morgan fingerprint density at radius 3 is 1.97 bits per heavy atom. The van der Waals surface area contributed by atoms with Crippen molar-refractivity contribution in [1.82, 2.24) is 4.98 Å². The van der Waals surface area contributed by atoms with Gasteiger partial charge in [-0.2, -0.15) is 0 Å². The van der Waals surface area contributed by atoms with E-state index in [-0.39, 0.29) is 10.5 Å². The van der Waals surface area contributed by atoms with Crippen LogP contribution in [0.3, 0.4) is 0 Å². The van der Waals surface area contributed by atoms with E-state index in [9.17, 15) is 4.80 Å². The second-order valence-corrected chi connectivity index (χ2v) is 15.5. The van der Waals surface area contributed by atoms with Crippen molar-refractivity contribution in [3.8, 4) is 0 Å². The fraction of sp³-hybridized carbons (Fsp3) is 0.310. The van der Waals surface area contributed by atoms with Gasteiger partial charge in [0.05, 0.1) is 0 Å². The monoisotopic (exact) mass is 519 g/mol. The lowest BCUT2D eigenvalue weighted by atomic mass is 9.80. The lowest BCUT2D eigenvalue weighted by molar-refractivity contribution is 0.298. The van der Waals surface area contributed by atoms with Gasteiger partial charge < -0.3 is 9.78 Å². The number of fused-ring (bicyclic) bond motifs is 1. The van der Waals surface area contributed by atoms with Crippen LogP contribution in [-0.4, -0.2) is 18.1 Å². The SMILES string of the molecule is CC(C)(CCC(C)(C)[Si](O)(c1ccccc1)c1ccccc1)Cc1c[nH]c2ccc(Br)cc12. The maximum atomic E-state index is 12.4. The molecule has 0 fully saturated rings. The normalized spacial score (nSPS) is 12.9. The second-order valence-electron chi connectivity index (χ2n) is 10.7. The average molecular weight is 521 g/mol. The number of nitrogens with one attached hydrogen (secondary N) is 1. The van der Waals surface area contributed by atoms with E-state index in [1.54, 1.807) is 0 Å². The fourth-order valence-electron chi connectivity index (χ4n) is 5.04. The van der Waals surface area contributed by atoms with Crippen molar-refractivity contribution in [3.05, 3.63) is 95.1 Å². The molecule has 4 heteroatoms. The summed E-state index contributed by atoms with van der Waals surface area (Å²) in [5.74, 6) is 0. The first-order chi connectivity index (χ1) is 15.6. The summed E-state index contributed by atoms with van der Waals surface area (Å²) in [4.78, 5) is 15.9. The molecule has 3 aromatic carbocycles.